The van der Waals surface area contributed by atoms with E-state index in [1.807, 2.05) is 13.8 Å². The first-order valence-electron chi connectivity index (χ1n) is 7.27. The van der Waals surface area contributed by atoms with E-state index < -0.39 is 6.61 Å². The predicted octanol–water partition coefficient (Wildman–Crippen LogP) is 3.63. The van der Waals surface area contributed by atoms with Gasteiger partial charge in [0.1, 0.15) is 11.4 Å². The molecule has 1 atom stereocenters. The molecule has 124 valence electrons. The van der Waals surface area contributed by atoms with Gasteiger partial charge in [-0.05, 0) is 36.6 Å². The number of nitrogens with one attached hydrogen (secondary N) is 2. The Kier molecular flexibility index (Phi) is 5.31. The summed E-state index contributed by atoms with van der Waals surface area (Å²) < 4.78 is 28.5. The molecule has 2 N–H and O–H groups in total. The number of aromatic nitrogens is 2. The standard InChI is InChI=1S/C16H19F2N3O2/c1-9(2)13-8-14(21-20-13)15(22)19-10(3)11-4-6-12(7-5-11)23-16(17)18/h4-10,16H,1-3H3,(H,19,22)(H,20,21). The average Bonchev–Trinajstić information content (AvgIpc) is 2.97. The van der Waals surface area contributed by atoms with Crippen molar-refractivity contribution in [1.29, 1.82) is 0 Å². The van der Waals surface area contributed by atoms with Crippen LogP contribution in [0.5, 0.6) is 5.75 Å². The lowest BCUT2D eigenvalue weighted by Crippen LogP contribution is -2.26. The number of rotatable bonds is 6. The lowest BCUT2D eigenvalue weighted by atomic mass is 10.1. The Morgan fingerprint density at radius 3 is 2.39 bits per heavy atom. The van der Waals surface area contributed by atoms with Crippen LogP contribution < -0.4 is 10.1 Å². The zero-order valence-electron chi connectivity index (χ0n) is 13.1. The zero-order chi connectivity index (χ0) is 17.0. The molecule has 23 heavy (non-hydrogen) atoms. The summed E-state index contributed by atoms with van der Waals surface area (Å²) in [5.74, 6) is 0.0357. The Balaban J connectivity index is 2.00. The largest absolute Gasteiger partial charge is 0.435 e. The number of aromatic amines is 1. The van der Waals surface area contributed by atoms with Crippen LogP contribution in [0.1, 0.15) is 54.5 Å². The number of carbonyl (C=O) groups is 1. The molecule has 0 aliphatic rings. The van der Waals surface area contributed by atoms with E-state index in [2.05, 4.69) is 20.3 Å². The maximum Gasteiger partial charge on any atom is 0.387 e. The Morgan fingerprint density at radius 1 is 1.22 bits per heavy atom. The normalized spacial score (nSPS) is 12.5. The van der Waals surface area contributed by atoms with Crippen LogP contribution in [0.4, 0.5) is 8.78 Å². The molecule has 0 fully saturated rings. The number of amides is 1. The highest BCUT2D eigenvalue weighted by Crippen LogP contribution is 2.19. The molecule has 1 aromatic carbocycles. The van der Waals surface area contributed by atoms with Crippen LogP contribution in [0.25, 0.3) is 0 Å². The van der Waals surface area contributed by atoms with Gasteiger partial charge in [0.2, 0.25) is 0 Å². The predicted molar refractivity (Wildman–Crippen MR) is 81.6 cm³/mol. The lowest BCUT2D eigenvalue weighted by Gasteiger charge is -2.14. The summed E-state index contributed by atoms with van der Waals surface area (Å²) in [5.41, 5.74) is 1.98. The minimum atomic E-state index is -2.85. The van der Waals surface area contributed by atoms with E-state index in [1.54, 1.807) is 25.1 Å². The summed E-state index contributed by atoms with van der Waals surface area (Å²) in [6, 6.07) is 7.57. The van der Waals surface area contributed by atoms with E-state index in [1.165, 1.54) is 12.1 Å². The van der Waals surface area contributed by atoms with Crippen molar-refractivity contribution in [2.45, 2.75) is 39.3 Å². The molecular formula is C16H19F2N3O2. The molecule has 2 rings (SSSR count). The third-order valence-corrected chi connectivity index (χ3v) is 3.41. The van der Waals surface area contributed by atoms with Gasteiger partial charge in [-0.25, -0.2) is 0 Å². The van der Waals surface area contributed by atoms with Gasteiger partial charge in [0.15, 0.2) is 0 Å². The first kappa shape index (κ1) is 16.9. The third-order valence-electron chi connectivity index (χ3n) is 3.41. The number of nitrogens with zero attached hydrogens (tertiary/aromatic N) is 1. The SMILES string of the molecule is CC(C)c1cc(C(=O)NC(C)c2ccc(OC(F)F)cc2)n[nH]1. The molecule has 1 unspecified atom stereocenters. The van der Waals surface area contributed by atoms with Crippen molar-refractivity contribution in [2.24, 2.45) is 0 Å². The average molecular weight is 323 g/mol. The molecule has 0 radical (unpaired) electrons. The van der Waals surface area contributed by atoms with Gasteiger partial charge in [-0.3, -0.25) is 9.89 Å². The molecule has 0 aliphatic carbocycles. The van der Waals surface area contributed by atoms with E-state index in [9.17, 15) is 13.6 Å². The Morgan fingerprint density at radius 2 is 1.87 bits per heavy atom. The Labute approximate surface area is 133 Å². The molecule has 1 heterocycles. The summed E-state index contributed by atoms with van der Waals surface area (Å²) in [7, 11) is 0. The number of halogens is 2. The fourth-order valence-electron chi connectivity index (χ4n) is 2.04. The number of hydrogen-bond donors (Lipinski definition) is 2. The Bertz CT molecular complexity index is 654. The van der Waals surface area contributed by atoms with Crippen LogP contribution in [0.3, 0.4) is 0 Å². The molecule has 1 amide bonds. The van der Waals surface area contributed by atoms with Gasteiger partial charge in [-0.1, -0.05) is 26.0 Å². The minimum absolute atomic E-state index is 0.0798. The lowest BCUT2D eigenvalue weighted by molar-refractivity contribution is -0.0498. The maximum absolute atomic E-state index is 12.2. The number of carbonyl (C=O) groups excluding carboxylic acids is 1. The second-order valence-electron chi connectivity index (χ2n) is 5.51. The van der Waals surface area contributed by atoms with Gasteiger partial charge >= 0.3 is 6.61 Å². The first-order valence-corrected chi connectivity index (χ1v) is 7.27. The van der Waals surface area contributed by atoms with E-state index in [0.29, 0.717) is 5.69 Å². The molecule has 2 aromatic rings. The molecule has 5 nitrogen and oxygen atoms in total. The summed E-state index contributed by atoms with van der Waals surface area (Å²) in [6.07, 6.45) is 0. The van der Waals surface area contributed by atoms with E-state index in [0.717, 1.165) is 11.3 Å². The highest BCUT2D eigenvalue weighted by atomic mass is 19.3. The van der Waals surface area contributed by atoms with Crippen LogP contribution in [0.2, 0.25) is 0 Å². The molecule has 0 spiro atoms. The first-order chi connectivity index (χ1) is 10.9. The van der Waals surface area contributed by atoms with Crippen LogP contribution in [-0.4, -0.2) is 22.7 Å². The van der Waals surface area contributed by atoms with Gasteiger partial charge in [0.25, 0.3) is 5.91 Å². The van der Waals surface area contributed by atoms with Gasteiger partial charge in [-0.15, -0.1) is 0 Å². The highest BCUT2D eigenvalue weighted by Gasteiger charge is 2.15. The fourth-order valence-corrected chi connectivity index (χ4v) is 2.04. The number of H-pyrrole nitrogens is 1. The van der Waals surface area contributed by atoms with Crippen LogP contribution in [-0.2, 0) is 0 Å². The summed E-state index contributed by atoms with van der Waals surface area (Å²) in [5, 5.41) is 9.63. The van der Waals surface area contributed by atoms with E-state index >= 15 is 0 Å². The molecule has 0 bridgehead atoms. The van der Waals surface area contributed by atoms with Crippen molar-refractivity contribution in [2.75, 3.05) is 0 Å². The van der Waals surface area contributed by atoms with E-state index in [4.69, 9.17) is 0 Å². The second kappa shape index (κ2) is 7.21. The maximum atomic E-state index is 12.2. The molecular weight excluding hydrogens is 304 g/mol. The number of alkyl halides is 2. The smallest absolute Gasteiger partial charge is 0.387 e. The van der Waals surface area contributed by atoms with Gasteiger partial charge in [0.05, 0.1) is 6.04 Å². The topological polar surface area (TPSA) is 67.0 Å². The highest BCUT2D eigenvalue weighted by molar-refractivity contribution is 5.92. The third kappa shape index (κ3) is 4.51. The van der Waals surface area contributed by atoms with Crippen LogP contribution in [0.15, 0.2) is 30.3 Å². The number of hydrogen-bond acceptors (Lipinski definition) is 3. The van der Waals surface area contributed by atoms with Crippen molar-refractivity contribution >= 4 is 5.91 Å². The van der Waals surface area contributed by atoms with Crippen molar-refractivity contribution in [3.63, 3.8) is 0 Å². The van der Waals surface area contributed by atoms with Crippen molar-refractivity contribution in [3.8, 4) is 5.75 Å². The van der Waals surface area contributed by atoms with Crippen molar-refractivity contribution in [1.82, 2.24) is 15.5 Å². The molecule has 1 aromatic heterocycles. The molecule has 7 heteroatoms. The van der Waals surface area contributed by atoms with Crippen LogP contribution >= 0.6 is 0 Å². The number of ether oxygens (including phenoxy) is 1. The van der Waals surface area contributed by atoms with E-state index in [-0.39, 0.29) is 23.6 Å². The monoisotopic (exact) mass is 323 g/mol. The quantitative estimate of drug-likeness (QED) is 0.853. The fraction of sp³-hybridized carbons (Fsp3) is 0.375. The van der Waals surface area contributed by atoms with Gasteiger partial charge in [-0.2, -0.15) is 13.9 Å². The zero-order valence-corrected chi connectivity index (χ0v) is 13.1. The summed E-state index contributed by atoms with van der Waals surface area (Å²) in [4.78, 5) is 12.2. The van der Waals surface area contributed by atoms with Crippen LogP contribution in [0, 0.1) is 0 Å². The van der Waals surface area contributed by atoms with Crippen molar-refractivity contribution in [3.05, 3.63) is 47.3 Å². The summed E-state index contributed by atoms with van der Waals surface area (Å²) >= 11 is 0. The molecule has 0 saturated heterocycles. The number of benzene rings is 1. The minimum Gasteiger partial charge on any atom is -0.435 e. The van der Waals surface area contributed by atoms with Gasteiger partial charge < -0.3 is 10.1 Å². The second-order valence-corrected chi connectivity index (χ2v) is 5.51. The molecule has 0 aliphatic heterocycles. The summed E-state index contributed by atoms with van der Waals surface area (Å²) in [6.45, 7) is 2.95. The Hall–Kier alpha value is -2.44. The van der Waals surface area contributed by atoms with Crippen molar-refractivity contribution < 1.29 is 18.3 Å². The van der Waals surface area contributed by atoms with Gasteiger partial charge in [0, 0.05) is 5.69 Å². The molecule has 0 saturated carbocycles.